The van der Waals surface area contributed by atoms with Crippen molar-refractivity contribution in [3.63, 3.8) is 0 Å². The molecule has 1 saturated carbocycles. The van der Waals surface area contributed by atoms with Crippen LogP contribution in [0.3, 0.4) is 0 Å². The van der Waals surface area contributed by atoms with Crippen LogP contribution < -0.4 is 0 Å². The lowest BCUT2D eigenvalue weighted by molar-refractivity contribution is -0.145. The number of amides is 1. The number of carbonyl (C=O) groups excluding carboxylic acids is 1. The van der Waals surface area contributed by atoms with E-state index in [9.17, 15) is 18.0 Å². The average molecular weight is 346 g/mol. The molecule has 1 fully saturated rings. The molecule has 134 valence electrons. The molecule has 0 spiro atoms. The zero-order valence-electron chi connectivity index (χ0n) is 13.9. The van der Waals surface area contributed by atoms with E-state index in [2.05, 4.69) is 10.1 Å². The Hall–Kier alpha value is -1.80. The number of ether oxygens (including phenoxy) is 1. The summed E-state index contributed by atoms with van der Waals surface area (Å²) >= 11 is 0. The summed E-state index contributed by atoms with van der Waals surface area (Å²) in [6.07, 6.45) is -2.46. The number of nitrogens with zero attached hydrogens (tertiary/aromatic N) is 4. The van der Waals surface area contributed by atoms with Gasteiger partial charge in [0.1, 0.15) is 5.60 Å². The molecule has 1 amide bonds. The minimum Gasteiger partial charge on any atom is -0.444 e. The molecule has 3 rings (SSSR count). The third-order valence-corrected chi connectivity index (χ3v) is 4.06. The van der Waals surface area contributed by atoms with E-state index in [0.717, 1.165) is 12.8 Å². The summed E-state index contributed by atoms with van der Waals surface area (Å²) in [7, 11) is 0. The molecular weight excluding hydrogens is 325 g/mol. The van der Waals surface area contributed by atoms with Crippen molar-refractivity contribution in [2.45, 2.75) is 64.4 Å². The van der Waals surface area contributed by atoms with Gasteiger partial charge in [0.25, 0.3) is 5.82 Å². The maximum atomic E-state index is 12.9. The van der Waals surface area contributed by atoms with Crippen molar-refractivity contribution in [2.75, 3.05) is 6.54 Å². The summed E-state index contributed by atoms with van der Waals surface area (Å²) in [5.41, 5.74) is -0.663. The highest BCUT2D eigenvalue weighted by molar-refractivity contribution is 5.69. The van der Waals surface area contributed by atoms with Crippen LogP contribution in [0.5, 0.6) is 0 Å². The summed E-state index contributed by atoms with van der Waals surface area (Å²) in [6.45, 7) is 5.72. The second-order valence-corrected chi connectivity index (χ2v) is 7.38. The molecule has 1 aliphatic carbocycles. The fourth-order valence-electron chi connectivity index (χ4n) is 2.82. The molecule has 2 aliphatic rings. The molecule has 9 heteroatoms. The van der Waals surface area contributed by atoms with Gasteiger partial charge in [-0.25, -0.2) is 14.5 Å². The van der Waals surface area contributed by atoms with E-state index in [1.165, 1.54) is 9.58 Å². The van der Waals surface area contributed by atoms with Crippen LogP contribution in [0.1, 0.15) is 57.7 Å². The van der Waals surface area contributed by atoms with Crippen LogP contribution in [-0.2, 0) is 17.5 Å². The predicted molar refractivity (Wildman–Crippen MR) is 78.0 cm³/mol. The van der Waals surface area contributed by atoms with E-state index in [-0.39, 0.29) is 18.9 Å². The minimum atomic E-state index is -4.59. The summed E-state index contributed by atoms with van der Waals surface area (Å²) < 4.78 is 45.4. The first-order valence-corrected chi connectivity index (χ1v) is 8.06. The van der Waals surface area contributed by atoms with Gasteiger partial charge in [0, 0.05) is 6.54 Å². The Morgan fingerprint density at radius 2 is 1.92 bits per heavy atom. The van der Waals surface area contributed by atoms with Crippen LogP contribution in [-0.4, -0.2) is 37.9 Å². The standard InChI is InChI=1S/C15H21F3N4O2/c1-14(2,3)24-13(23)21-6-7-22-11(10(21)8-9-4-5-9)19-12(20-22)15(16,17)18/h9-10H,4-8H2,1-3H3. The molecule has 0 N–H and O–H groups in total. The molecule has 0 radical (unpaired) electrons. The molecule has 1 unspecified atom stereocenters. The monoisotopic (exact) mass is 346 g/mol. The molecule has 0 saturated heterocycles. The van der Waals surface area contributed by atoms with Crippen LogP contribution in [0.4, 0.5) is 18.0 Å². The summed E-state index contributed by atoms with van der Waals surface area (Å²) in [6, 6.07) is -0.523. The predicted octanol–water partition coefficient (Wildman–Crippen LogP) is 3.39. The summed E-state index contributed by atoms with van der Waals surface area (Å²) in [5.74, 6) is -0.534. The highest BCUT2D eigenvalue weighted by atomic mass is 19.4. The van der Waals surface area contributed by atoms with Crippen LogP contribution in [0.25, 0.3) is 0 Å². The number of halogens is 3. The van der Waals surface area contributed by atoms with Crippen molar-refractivity contribution in [2.24, 2.45) is 5.92 Å². The Balaban J connectivity index is 1.89. The third-order valence-electron chi connectivity index (χ3n) is 4.06. The van der Waals surface area contributed by atoms with Crippen LogP contribution >= 0.6 is 0 Å². The van der Waals surface area contributed by atoms with Gasteiger partial charge in [-0.05, 0) is 33.1 Å². The number of rotatable bonds is 2. The van der Waals surface area contributed by atoms with Crippen molar-refractivity contribution >= 4 is 6.09 Å². The van der Waals surface area contributed by atoms with E-state index < -0.39 is 29.7 Å². The van der Waals surface area contributed by atoms with Gasteiger partial charge in [0.15, 0.2) is 5.82 Å². The number of hydrogen-bond acceptors (Lipinski definition) is 4. The molecule has 1 aliphatic heterocycles. The van der Waals surface area contributed by atoms with Crippen molar-refractivity contribution in [3.05, 3.63) is 11.6 Å². The SMILES string of the molecule is CC(C)(C)OC(=O)N1CCn2nc(C(F)(F)F)nc2C1CC1CC1. The van der Waals surface area contributed by atoms with E-state index in [1.807, 2.05) is 0 Å². The van der Waals surface area contributed by atoms with Crippen LogP contribution in [0.2, 0.25) is 0 Å². The van der Waals surface area contributed by atoms with Gasteiger partial charge in [-0.2, -0.15) is 13.2 Å². The molecule has 0 bridgehead atoms. The Morgan fingerprint density at radius 3 is 2.46 bits per heavy atom. The second-order valence-electron chi connectivity index (χ2n) is 7.38. The zero-order chi connectivity index (χ0) is 17.7. The van der Waals surface area contributed by atoms with E-state index in [1.54, 1.807) is 20.8 Å². The van der Waals surface area contributed by atoms with E-state index in [0.29, 0.717) is 12.3 Å². The number of carbonyl (C=O) groups is 1. The first-order chi connectivity index (χ1) is 11.0. The van der Waals surface area contributed by atoms with Crippen LogP contribution in [0, 0.1) is 5.92 Å². The largest absolute Gasteiger partial charge is 0.453 e. The molecular formula is C15H21F3N4O2. The number of alkyl halides is 3. The normalized spacial score (nSPS) is 21.6. The lowest BCUT2D eigenvalue weighted by atomic mass is 10.1. The minimum absolute atomic E-state index is 0.179. The second kappa shape index (κ2) is 5.63. The lowest BCUT2D eigenvalue weighted by Gasteiger charge is -2.36. The lowest BCUT2D eigenvalue weighted by Crippen LogP contribution is -2.45. The molecule has 24 heavy (non-hydrogen) atoms. The van der Waals surface area contributed by atoms with Gasteiger partial charge in [-0.15, -0.1) is 5.10 Å². The van der Waals surface area contributed by atoms with Gasteiger partial charge < -0.3 is 4.74 Å². The van der Waals surface area contributed by atoms with Crippen LogP contribution in [0.15, 0.2) is 0 Å². The molecule has 1 atom stereocenters. The van der Waals surface area contributed by atoms with Crippen molar-refractivity contribution in [1.82, 2.24) is 19.7 Å². The Kier molecular flexibility index (Phi) is 4.00. The highest BCUT2D eigenvalue weighted by Crippen LogP contribution is 2.41. The Bertz CT molecular complexity index is 632. The summed E-state index contributed by atoms with van der Waals surface area (Å²) in [5, 5.41) is 3.57. The average Bonchev–Trinajstić information content (AvgIpc) is 3.11. The van der Waals surface area contributed by atoms with Gasteiger partial charge in [0.05, 0.1) is 12.6 Å². The Morgan fingerprint density at radius 1 is 1.25 bits per heavy atom. The zero-order valence-corrected chi connectivity index (χ0v) is 13.9. The molecule has 1 aromatic heterocycles. The van der Waals surface area contributed by atoms with Gasteiger partial charge in [-0.3, -0.25) is 4.90 Å². The van der Waals surface area contributed by atoms with Gasteiger partial charge >= 0.3 is 12.3 Å². The first kappa shape index (κ1) is 17.0. The fraction of sp³-hybridized carbons (Fsp3) is 0.800. The number of fused-ring (bicyclic) bond motifs is 1. The number of aromatic nitrogens is 3. The van der Waals surface area contributed by atoms with E-state index in [4.69, 9.17) is 4.74 Å². The Labute approximate surface area is 138 Å². The number of hydrogen-bond donors (Lipinski definition) is 0. The van der Waals surface area contributed by atoms with Crippen molar-refractivity contribution in [3.8, 4) is 0 Å². The van der Waals surface area contributed by atoms with Crippen molar-refractivity contribution < 1.29 is 22.7 Å². The maximum absolute atomic E-state index is 12.9. The first-order valence-electron chi connectivity index (χ1n) is 8.06. The summed E-state index contributed by atoms with van der Waals surface area (Å²) in [4.78, 5) is 17.6. The van der Waals surface area contributed by atoms with Crippen molar-refractivity contribution in [1.29, 1.82) is 0 Å². The molecule has 1 aromatic rings. The quantitative estimate of drug-likeness (QED) is 0.824. The third kappa shape index (κ3) is 3.64. The molecule has 2 heterocycles. The maximum Gasteiger partial charge on any atom is 0.453 e. The smallest absolute Gasteiger partial charge is 0.444 e. The van der Waals surface area contributed by atoms with Gasteiger partial charge in [-0.1, -0.05) is 12.8 Å². The van der Waals surface area contributed by atoms with Gasteiger partial charge in [0.2, 0.25) is 0 Å². The molecule has 0 aromatic carbocycles. The topological polar surface area (TPSA) is 60.2 Å². The highest BCUT2D eigenvalue weighted by Gasteiger charge is 2.43. The molecule has 6 nitrogen and oxygen atoms in total. The fourth-order valence-corrected chi connectivity index (χ4v) is 2.82. The van der Waals surface area contributed by atoms with E-state index >= 15 is 0 Å².